The molecule has 0 atom stereocenters. The number of amides is 3. The third-order valence-electron chi connectivity index (χ3n) is 5.84. The first-order chi connectivity index (χ1) is 13.6. The molecule has 1 saturated heterocycles. The van der Waals surface area contributed by atoms with Crippen LogP contribution in [0.15, 0.2) is 30.3 Å². The van der Waals surface area contributed by atoms with E-state index in [1.807, 2.05) is 35.2 Å². The van der Waals surface area contributed by atoms with Crippen molar-refractivity contribution in [2.24, 2.45) is 5.92 Å². The number of likely N-dealkylation sites (tertiary alicyclic amines) is 1. The largest absolute Gasteiger partial charge is 0.343 e. The molecule has 0 unspecified atom stereocenters. The van der Waals surface area contributed by atoms with Gasteiger partial charge in [-0.25, -0.2) is 4.79 Å². The molecule has 6 heteroatoms. The van der Waals surface area contributed by atoms with E-state index in [1.165, 1.54) is 19.3 Å². The van der Waals surface area contributed by atoms with Crippen LogP contribution in [0.3, 0.4) is 0 Å². The Bertz CT molecular complexity index is 663. The van der Waals surface area contributed by atoms with Crippen LogP contribution in [0.1, 0.15) is 61.7 Å². The molecule has 3 rings (SSSR count). The van der Waals surface area contributed by atoms with Crippen LogP contribution < -0.4 is 10.6 Å². The highest BCUT2D eigenvalue weighted by Gasteiger charge is 2.27. The first kappa shape index (κ1) is 20.4. The van der Waals surface area contributed by atoms with Gasteiger partial charge in [0.25, 0.3) is 0 Å². The number of hydrogen-bond acceptors (Lipinski definition) is 3. The Morgan fingerprint density at radius 2 is 1.61 bits per heavy atom. The minimum absolute atomic E-state index is 0.00848. The monoisotopic (exact) mass is 385 g/mol. The van der Waals surface area contributed by atoms with Crippen LogP contribution in [0.5, 0.6) is 0 Å². The number of rotatable bonds is 6. The fourth-order valence-electron chi connectivity index (χ4n) is 4.15. The quantitative estimate of drug-likeness (QED) is 0.739. The molecule has 2 fully saturated rings. The fraction of sp³-hybridized carbons (Fsp3) is 0.591. The minimum Gasteiger partial charge on any atom is -0.343 e. The Morgan fingerprint density at radius 3 is 2.29 bits per heavy atom. The van der Waals surface area contributed by atoms with Crippen LogP contribution in [0.25, 0.3) is 0 Å². The lowest BCUT2D eigenvalue weighted by atomic mass is 9.89. The van der Waals surface area contributed by atoms with Crippen molar-refractivity contribution < 1.29 is 14.4 Å². The number of carbonyl (C=O) groups excluding carboxylic acids is 3. The maximum absolute atomic E-state index is 12.5. The molecule has 28 heavy (non-hydrogen) atoms. The van der Waals surface area contributed by atoms with Crippen LogP contribution in [0.2, 0.25) is 0 Å². The predicted octanol–water partition coefficient (Wildman–Crippen LogP) is 3.13. The van der Waals surface area contributed by atoms with E-state index < -0.39 is 0 Å². The zero-order valence-electron chi connectivity index (χ0n) is 16.5. The van der Waals surface area contributed by atoms with Gasteiger partial charge in [0.1, 0.15) is 0 Å². The summed E-state index contributed by atoms with van der Waals surface area (Å²) < 4.78 is 0. The summed E-state index contributed by atoms with van der Waals surface area (Å²) in [7, 11) is 0. The number of hydrogen-bond donors (Lipinski definition) is 2. The van der Waals surface area contributed by atoms with Crippen molar-refractivity contribution in [1.82, 2.24) is 15.5 Å². The standard InChI is InChI=1S/C22H31N3O3/c26-20(11-14-23-22(28)24-19-9-5-2-6-10-19)25-15-12-18(13-16-25)21(27)17-7-3-1-4-8-17/h1,3-4,7-8,18-19H,2,5-6,9-16H2,(H2,23,24,28). The van der Waals surface area contributed by atoms with E-state index in [1.54, 1.807) is 0 Å². The van der Waals surface area contributed by atoms with Gasteiger partial charge < -0.3 is 15.5 Å². The molecule has 3 amide bonds. The van der Waals surface area contributed by atoms with Gasteiger partial charge in [0.15, 0.2) is 5.78 Å². The molecule has 0 bridgehead atoms. The van der Waals surface area contributed by atoms with E-state index >= 15 is 0 Å². The lowest BCUT2D eigenvalue weighted by molar-refractivity contribution is -0.132. The maximum Gasteiger partial charge on any atom is 0.315 e. The fourth-order valence-corrected chi connectivity index (χ4v) is 4.15. The van der Waals surface area contributed by atoms with Gasteiger partial charge in [0.2, 0.25) is 5.91 Å². The highest BCUT2D eigenvalue weighted by molar-refractivity contribution is 5.98. The molecular weight excluding hydrogens is 354 g/mol. The zero-order chi connectivity index (χ0) is 19.8. The lowest BCUT2D eigenvalue weighted by Gasteiger charge is -2.31. The van der Waals surface area contributed by atoms with Crippen molar-refractivity contribution in [1.29, 1.82) is 0 Å². The van der Waals surface area contributed by atoms with Crippen molar-refractivity contribution in [3.63, 3.8) is 0 Å². The van der Waals surface area contributed by atoms with Gasteiger partial charge in [-0.1, -0.05) is 49.6 Å². The van der Waals surface area contributed by atoms with Crippen LogP contribution in [0.4, 0.5) is 4.79 Å². The highest BCUT2D eigenvalue weighted by Crippen LogP contribution is 2.22. The highest BCUT2D eigenvalue weighted by atomic mass is 16.2. The summed E-state index contributed by atoms with van der Waals surface area (Å²) in [6.07, 6.45) is 7.39. The maximum atomic E-state index is 12.5. The topological polar surface area (TPSA) is 78.5 Å². The van der Waals surface area contributed by atoms with Gasteiger partial charge in [-0.05, 0) is 25.7 Å². The van der Waals surface area contributed by atoms with Crippen molar-refractivity contribution in [2.45, 2.75) is 57.4 Å². The summed E-state index contributed by atoms with van der Waals surface area (Å²) in [4.78, 5) is 38.7. The van der Waals surface area contributed by atoms with Crippen molar-refractivity contribution in [2.75, 3.05) is 19.6 Å². The summed E-state index contributed by atoms with van der Waals surface area (Å²) in [6, 6.07) is 9.46. The van der Waals surface area contributed by atoms with E-state index in [0.29, 0.717) is 38.9 Å². The zero-order valence-corrected chi connectivity index (χ0v) is 16.5. The third kappa shape index (κ3) is 5.81. The second kappa shape index (κ2) is 10.2. The van der Waals surface area contributed by atoms with Crippen LogP contribution in [-0.4, -0.2) is 48.3 Å². The van der Waals surface area contributed by atoms with Gasteiger partial charge in [-0.2, -0.15) is 0 Å². The molecule has 1 aliphatic carbocycles. The first-order valence-electron chi connectivity index (χ1n) is 10.5. The number of benzene rings is 1. The van der Waals surface area contributed by atoms with Gasteiger partial charge in [-0.3, -0.25) is 9.59 Å². The van der Waals surface area contributed by atoms with E-state index in [9.17, 15) is 14.4 Å². The average Bonchev–Trinajstić information content (AvgIpc) is 2.74. The Balaban J connectivity index is 1.33. The molecule has 1 aliphatic heterocycles. The first-order valence-corrected chi connectivity index (χ1v) is 10.5. The van der Waals surface area contributed by atoms with E-state index in [0.717, 1.165) is 18.4 Å². The summed E-state index contributed by atoms with van der Waals surface area (Å²) in [6.45, 7) is 1.56. The second-order valence-corrected chi connectivity index (χ2v) is 7.87. The number of Topliss-reactive ketones (excluding diaryl/α,β-unsaturated/α-hetero) is 1. The lowest BCUT2D eigenvalue weighted by Crippen LogP contribution is -2.45. The Morgan fingerprint density at radius 1 is 0.929 bits per heavy atom. The molecule has 1 heterocycles. The van der Waals surface area contributed by atoms with Gasteiger partial charge >= 0.3 is 6.03 Å². The number of ketones is 1. The average molecular weight is 386 g/mol. The number of piperidine rings is 1. The summed E-state index contributed by atoms with van der Waals surface area (Å²) >= 11 is 0. The minimum atomic E-state index is -0.174. The van der Waals surface area contributed by atoms with Crippen LogP contribution in [0, 0.1) is 5.92 Å². The smallest absolute Gasteiger partial charge is 0.315 e. The van der Waals surface area contributed by atoms with E-state index in [-0.39, 0.29) is 29.7 Å². The Labute approximate surface area is 167 Å². The number of nitrogens with zero attached hydrogens (tertiary/aromatic N) is 1. The second-order valence-electron chi connectivity index (χ2n) is 7.87. The molecule has 2 aliphatic rings. The van der Waals surface area contributed by atoms with Gasteiger partial charge in [0, 0.05) is 43.6 Å². The molecule has 6 nitrogen and oxygen atoms in total. The number of urea groups is 1. The Hall–Kier alpha value is -2.37. The van der Waals surface area contributed by atoms with Crippen LogP contribution in [-0.2, 0) is 4.79 Å². The van der Waals surface area contributed by atoms with Crippen molar-refractivity contribution in [3.05, 3.63) is 35.9 Å². The molecule has 0 aromatic heterocycles. The van der Waals surface area contributed by atoms with Crippen molar-refractivity contribution in [3.8, 4) is 0 Å². The van der Waals surface area contributed by atoms with Gasteiger partial charge in [0.05, 0.1) is 0 Å². The molecule has 0 radical (unpaired) electrons. The molecule has 152 valence electrons. The summed E-state index contributed by atoms with van der Waals surface area (Å²) in [5.41, 5.74) is 0.750. The molecule has 1 aromatic rings. The molecule has 2 N–H and O–H groups in total. The Kier molecular flexibility index (Phi) is 7.46. The number of nitrogens with one attached hydrogen (secondary N) is 2. The molecule has 1 saturated carbocycles. The SMILES string of the molecule is O=C(NCCC(=O)N1CCC(C(=O)c2ccccc2)CC1)NC1CCCCC1. The predicted molar refractivity (Wildman–Crippen MR) is 108 cm³/mol. The van der Waals surface area contributed by atoms with Crippen LogP contribution >= 0.6 is 0 Å². The number of carbonyl (C=O) groups is 3. The normalized spacial score (nSPS) is 18.5. The molecule has 1 aromatic carbocycles. The molecule has 0 spiro atoms. The summed E-state index contributed by atoms with van der Waals surface area (Å²) in [5, 5.41) is 5.79. The van der Waals surface area contributed by atoms with Gasteiger partial charge in [-0.15, -0.1) is 0 Å². The molecular formula is C22H31N3O3. The summed E-state index contributed by atoms with van der Waals surface area (Å²) in [5.74, 6) is 0.211. The van der Waals surface area contributed by atoms with E-state index in [4.69, 9.17) is 0 Å². The third-order valence-corrected chi connectivity index (χ3v) is 5.84. The van der Waals surface area contributed by atoms with Crippen molar-refractivity contribution >= 4 is 17.7 Å². The van der Waals surface area contributed by atoms with E-state index in [2.05, 4.69) is 10.6 Å².